The second-order valence-electron chi connectivity index (χ2n) is 9.14. The van der Waals surface area contributed by atoms with E-state index in [1.54, 1.807) is 6.20 Å². The van der Waals surface area contributed by atoms with E-state index in [9.17, 15) is 4.79 Å². The van der Waals surface area contributed by atoms with Gasteiger partial charge in [0.05, 0.1) is 11.7 Å². The van der Waals surface area contributed by atoms with Crippen LogP contribution in [0.15, 0.2) is 35.2 Å². The van der Waals surface area contributed by atoms with E-state index in [1.807, 2.05) is 39.0 Å². The van der Waals surface area contributed by atoms with Gasteiger partial charge in [-0.3, -0.25) is 4.79 Å². The van der Waals surface area contributed by atoms with Crippen LogP contribution in [-0.2, 0) is 16.0 Å². The molecule has 7 nitrogen and oxygen atoms in total. The summed E-state index contributed by atoms with van der Waals surface area (Å²) in [4.78, 5) is 25.5. The quantitative estimate of drug-likeness (QED) is 0.363. The van der Waals surface area contributed by atoms with Crippen LogP contribution >= 0.6 is 0 Å². The van der Waals surface area contributed by atoms with Gasteiger partial charge in [-0.05, 0) is 57.7 Å². The Morgan fingerprint density at radius 2 is 2.03 bits per heavy atom. The molecule has 0 atom stereocenters. The molecule has 0 saturated heterocycles. The fourth-order valence-electron chi connectivity index (χ4n) is 3.18. The van der Waals surface area contributed by atoms with Crippen LogP contribution in [0.5, 0.6) is 0 Å². The topological polar surface area (TPSA) is 90.1 Å². The van der Waals surface area contributed by atoms with Gasteiger partial charge in [0, 0.05) is 30.3 Å². The van der Waals surface area contributed by atoms with Crippen molar-refractivity contribution in [3.63, 3.8) is 0 Å². The standard InChI is InChI=1S/C24H32N4O3/c1-16(2)8-11-21-27-19-10-9-17(20-14-25-15-30-20)13-18(19)23(28-21)26-12-6-7-22(29)31-24(3,4)5/h9-10,13-16H,6-8,11-12H2,1-5H3,(H,26,27,28). The predicted octanol–water partition coefficient (Wildman–Crippen LogP) is 5.41. The van der Waals surface area contributed by atoms with Crippen molar-refractivity contribution >= 4 is 22.7 Å². The summed E-state index contributed by atoms with van der Waals surface area (Å²) in [5.74, 6) is 2.68. The van der Waals surface area contributed by atoms with Crippen molar-refractivity contribution in [3.05, 3.63) is 36.6 Å². The largest absolute Gasteiger partial charge is 0.460 e. The molecule has 2 aromatic heterocycles. The van der Waals surface area contributed by atoms with Gasteiger partial charge >= 0.3 is 5.97 Å². The minimum absolute atomic E-state index is 0.188. The van der Waals surface area contributed by atoms with Crippen LogP contribution in [-0.4, -0.2) is 33.1 Å². The Bertz CT molecular complexity index is 1010. The van der Waals surface area contributed by atoms with Crippen molar-refractivity contribution in [2.24, 2.45) is 5.92 Å². The lowest BCUT2D eigenvalue weighted by Crippen LogP contribution is -2.24. The van der Waals surface area contributed by atoms with E-state index in [0.717, 1.165) is 41.0 Å². The highest BCUT2D eigenvalue weighted by Gasteiger charge is 2.16. The van der Waals surface area contributed by atoms with Crippen LogP contribution in [0.25, 0.3) is 22.2 Å². The maximum absolute atomic E-state index is 12.0. The lowest BCUT2D eigenvalue weighted by molar-refractivity contribution is -0.154. The number of nitrogens with one attached hydrogen (secondary N) is 1. The van der Waals surface area contributed by atoms with Gasteiger partial charge in [0.2, 0.25) is 0 Å². The first-order valence-corrected chi connectivity index (χ1v) is 10.9. The van der Waals surface area contributed by atoms with Crippen molar-refractivity contribution in [3.8, 4) is 11.3 Å². The highest BCUT2D eigenvalue weighted by Crippen LogP contribution is 2.28. The highest BCUT2D eigenvalue weighted by molar-refractivity contribution is 5.92. The molecule has 3 rings (SSSR count). The number of ether oxygens (including phenoxy) is 1. The Balaban J connectivity index is 1.78. The fourth-order valence-corrected chi connectivity index (χ4v) is 3.18. The van der Waals surface area contributed by atoms with Crippen molar-refractivity contribution in [2.45, 2.75) is 65.9 Å². The molecule has 0 radical (unpaired) electrons. The third kappa shape index (κ3) is 6.77. The van der Waals surface area contributed by atoms with E-state index in [0.29, 0.717) is 31.1 Å². The van der Waals surface area contributed by atoms with Gasteiger partial charge < -0.3 is 14.5 Å². The maximum atomic E-state index is 12.0. The van der Waals surface area contributed by atoms with Crippen LogP contribution in [0, 0.1) is 5.92 Å². The SMILES string of the molecule is CC(C)CCc1nc(NCCCC(=O)OC(C)(C)C)c2cc(-c3cnco3)ccc2n1. The number of aromatic nitrogens is 3. The van der Waals surface area contributed by atoms with E-state index in [2.05, 4.69) is 24.1 Å². The second-order valence-corrected chi connectivity index (χ2v) is 9.14. The van der Waals surface area contributed by atoms with Crippen LogP contribution < -0.4 is 5.32 Å². The zero-order valence-corrected chi connectivity index (χ0v) is 19.1. The molecule has 31 heavy (non-hydrogen) atoms. The summed E-state index contributed by atoms with van der Waals surface area (Å²) in [6, 6.07) is 5.98. The van der Waals surface area contributed by atoms with Gasteiger partial charge in [0.15, 0.2) is 12.2 Å². The van der Waals surface area contributed by atoms with E-state index < -0.39 is 5.60 Å². The van der Waals surface area contributed by atoms with Gasteiger partial charge in [-0.2, -0.15) is 0 Å². The number of carbonyl (C=O) groups is 1. The predicted molar refractivity (Wildman–Crippen MR) is 122 cm³/mol. The average molecular weight is 425 g/mol. The van der Waals surface area contributed by atoms with Crippen molar-refractivity contribution < 1.29 is 13.9 Å². The molecule has 3 aromatic rings. The van der Waals surface area contributed by atoms with Gasteiger partial charge in [0.1, 0.15) is 17.2 Å². The van der Waals surface area contributed by atoms with Gasteiger partial charge in [-0.1, -0.05) is 13.8 Å². The van der Waals surface area contributed by atoms with Crippen LogP contribution in [0.2, 0.25) is 0 Å². The second kappa shape index (κ2) is 9.90. The molecule has 0 aliphatic carbocycles. The monoisotopic (exact) mass is 424 g/mol. The summed E-state index contributed by atoms with van der Waals surface area (Å²) < 4.78 is 10.8. The number of nitrogens with zero attached hydrogens (tertiary/aromatic N) is 3. The Morgan fingerprint density at radius 3 is 2.71 bits per heavy atom. The lowest BCUT2D eigenvalue weighted by atomic mass is 10.1. The summed E-state index contributed by atoms with van der Waals surface area (Å²) in [6.45, 7) is 10.6. The molecule has 1 N–H and O–H groups in total. The van der Waals surface area contributed by atoms with Crippen LogP contribution in [0.1, 0.15) is 59.7 Å². The molecule has 7 heteroatoms. The molecule has 0 amide bonds. The first-order valence-electron chi connectivity index (χ1n) is 10.9. The number of carbonyl (C=O) groups excluding carboxylic acids is 1. The molecule has 0 spiro atoms. The van der Waals surface area contributed by atoms with Gasteiger partial charge in [-0.15, -0.1) is 0 Å². The number of benzene rings is 1. The summed E-state index contributed by atoms with van der Waals surface area (Å²) in [5, 5.41) is 4.32. The number of fused-ring (bicyclic) bond motifs is 1. The third-order valence-corrected chi connectivity index (χ3v) is 4.67. The molecule has 0 bridgehead atoms. The van der Waals surface area contributed by atoms with Crippen LogP contribution in [0.3, 0.4) is 0 Å². The van der Waals surface area contributed by atoms with Crippen LogP contribution in [0.4, 0.5) is 5.82 Å². The molecule has 166 valence electrons. The Labute approximate surface area is 183 Å². The molecule has 0 saturated carbocycles. The smallest absolute Gasteiger partial charge is 0.306 e. The summed E-state index contributed by atoms with van der Waals surface area (Å²) in [5.41, 5.74) is 1.34. The minimum atomic E-state index is -0.463. The van der Waals surface area contributed by atoms with Crippen molar-refractivity contribution in [1.29, 1.82) is 0 Å². The zero-order valence-electron chi connectivity index (χ0n) is 19.1. The summed E-state index contributed by atoms with van der Waals surface area (Å²) in [7, 11) is 0. The average Bonchev–Trinajstić information content (AvgIpc) is 3.22. The van der Waals surface area contributed by atoms with E-state index in [-0.39, 0.29) is 5.97 Å². The van der Waals surface area contributed by atoms with Crippen molar-refractivity contribution in [2.75, 3.05) is 11.9 Å². The van der Waals surface area contributed by atoms with E-state index >= 15 is 0 Å². The molecule has 1 aromatic carbocycles. The number of hydrogen-bond donors (Lipinski definition) is 1. The number of aryl methyl sites for hydroxylation is 1. The molecule has 0 unspecified atom stereocenters. The summed E-state index contributed by atoms with van der Waals surface area (Å²) >= 11 is 0. The first kappa shape index (κ1) is 22.7. The lowest BCUT2D eigenvalue weighted by Gasteiger charge is -2.19. The van der Waals surface area contributed by atoms with Gasteiger partial charge in [-0.25, -0.2) is 15.0 Å². The van der Waals surface area contributed by atoms with Crippen molar-refractivity contribution in [1.82, 2.24) is 15.0 Å². The molecular weight excluding hydrogens is 392 g/mol. The molecule has 0 fully saturated rings. The van der Waals surface area contributed by atoms with E-state index in [4.69, 9.17) is 19.1 Å². The normalized spacial score (nSPS) is 11.8. The highest BCUT2D eigenvalue weighted by atomic mass is 16.6. The van der Waals surface area contributed by atoms with Gasteiger partial charge in [0.25, 0.3) is 0 Å². The first-order chi connectivity index (χ1) is 14.7. The molecule has 0 aliphatic rings. The fraction of sp³-hybridized carbons (Fsp3) is 0.500. The van der Waals surface area contributed by atoms with E-state index in [1.165, 1.54) is 6.39 Å². The number of esters is 1. The number of rotatable bonds is 9. The molecule has 0 aliphatic heterocycles. The number of hydrogen-bond acceptors (Lipinski definition) is 7. The Morgan fingerprint density at radius 1 is 1.23 bits per heavy atom. The number of oxazole rings is 1. The minimum Gasteiger partial charge on any atom is -0.460 e. The molecular formula is C24H32N4O3. The zero-order chi connectivity index (χ0) is 22.4. The Hall–Kier alpha value is -2.96. The number of anilines is 1. The molecule has 2 heterocycles. The summed E-state index contributed by atoms with van der Waals surface area (Å²) in [6.07, 6.45) is 5.97. The Kier molecular flexibility index (Phi) is 7.25. The maximum Gasteiger partial charge on any atom is 0.306 e. The third-order valence-electron chi connectivity index (χ3n) is 4.67.